The van der Waals surface area contributed by atoms with Gasteiger partial charge in [-0.3, -0.25) is 9.59 Å². The zero-order chi connectivity index (χ0) is 24.2. The second-order valence-electron chi connectivity index (χ2n) is 7.93. The van der Waals surface area contributed by atoms with Gasteiger partial charge in [-0.25, -0.2) is 4.98 Å². The highest BCUT2D eigenvalue weighted by Gasteiger charge is 2.18. The minimum absolute atomic E-state index is 0.161. The number of carbonyl (C=O) groups excluding carboxylic acids is 1. The van der Waals surface area contributed by atoms with Gasteiger partial charge in [0.15, 0.2) is 11.0 Å². The third kappa shape index (κ3) is 4.59. The Balaban J connectivity index is 1.50. The highest BCUT2D eigenvalue weighted by Crippen LogP contribution is 2.27. The fraction of sp³-hybridized carbons (Fsp3) is 0.0333. The number of hydrogen-bond acceptors (Lipinski definition) is 4. The summed E-state index contributed by atoms with van der Waals surface area (Å²) in [6.45, 7) is 1.73. The summed E-state index contributed by atoms with van der Waals surface area (Å²) in [7, 11) is 0. The lowest BCUT2D eigenvalue weighted by molar-refractivity contribution is 0.102. The van der Waals surface area contributed by atoms with Crippen molar-refractivity contribution in [3.63, 3.8) is 0 Å². The molecule has 0 saturated carbocycles. The van der Waals surface area contributed by atoms with Crippen molar-refractivity contribution in [2.24, 2.45) is 0 Å². The molecular weight excluding hydrogens is 436 g/mol. The maximum atomic E-state index is 13.2. The molecule has 3 aromatic carbocycles. The summed E-state index contributed by atoms with van der Waals surface area (Å²) >= 11 is 0. The van der Waals surface area contributed by atoms with Crippen LogP contribution in [0.3, 0.4) is 0 Å². The molecule has 1 N–H and O–H groups in total. The molecule has 0 aliphatic heterocycles. The number of benzene rings is 3. The van der Waals surface area contributed by atoms with E-state index in [4.69, 9.17) is 4.42 Å². The maximum absolute atomic E-state index is 13.2. The van der Waals surface area contributed by atoms with Crippen LogP contribution in [0.1, 0.15) is 27.2 Å². The number of pyridine rings is 1. The van der Waals surface area contributed by atoms with Crippen molar-refractivity contribution in [1.29, 1.82) is 0 Å². The Morgan fingerprint density at radius 2 is 1.69 bits per heavy atom. The van der Waals surface area contributed by atoms with Crippen LogP contribution in [0.5, 0.6) is 0 Å². The quantitative estimate of drug-likeness (QED) is 0.348. The van der Waals surface area contributed by atoms with Gasteiger partial charge in [-0.2, -0.15) is 0 Å². The molecule has 0 saturated heterocycles. The zero-order valence-electron chi connectivity index (χ0n) is 18.9. The molecule has 0 radical (unpaired) electrons. The Bertz CT molecular complexity index is 1660. The van der Waals surface area contributed by atoms with Gasteiger partial charge in [0.25, 0.3) is 5.91 Å². The molecule has 1 amide bonds. The van der Waals surface area contributed by atoms with E-state index in [9.17, 15) is 9.59 Å². The molecule has 168 valence electrons. The third-order valence-electron chi connectivity index (χ3n) is 5.55. The lowest BCUT2D eigenvalue weighted by Gasteiger charge is -2.11. The molecular formula is C30H20N2O3. The van der Waals surface area contributed by atoms with Crippen molar-refractivity contribution in [1.82, 2.24) is 4.98 Å². The summed E-state index contributed by atoms with van der Waals surface area (Å²) in [5, 5.41) is 3.26. The van der Waals surface area contributed by atoms with Crippen LogP contribution >= 0.6 is 0 Å². The molecule has 0 unspecified atom stereocenters. The normalized spacial score (nSPS) is 10.4. The van der Waals surface area contributed by atoms with Crippen LogP contribution in [0.4, 0.5) is 5.69 Å². The van der Waals surface area contributed by atoms with E-state index in [1.54, 1.807) is 43.5 Å². The average molecular weight is 457 g/mol. The third-order valence-corrected chi connectivity index (χ3v) is 5.55. The molecule has 0 fully saturated rings. The van der Waals surface area contributed by atoms with E-state index in [1.165, 1.54) is 0 Å². The zero-order valence-corrected chi connectivity index (χ0v) is 18.9. The molecule has 0 spiro atoms. The number of rotatable bonds is 3. The molecule has 0 atom stereocenters. The van der Waals surface area contributed by atoms with Crippen LogP contribution in [0.15, 0.2) is 106 Å². The molecule has 5 aromatic rings. The number of aromatic nitrogens is 1. The number of para-hydroxylation sites is 1. The summed E-state index contributed by atoms with van der Waals surface area (Å²) in [5.74, 6) is 6.14. The van der Waals surface area contributed by atoms with E-state index < -0.39 is 0 Å². The first-order chi connectivity index (χ1) is 17.1. The van der Waals surface area contributed by atoms with E-state index in [0.717, 1.165) is 11.1 Å². The molecule has 0 aliphatic rings. The first-order valence-electron chi connectivity index (χ1n) is 11.1. The Labute approximate surface area is 202 Å². The van der Waals surface area contributed by atoms with Crippen LogP contribution in [-0.4, -0.2) is 10.9 Å². The predicted octanol–water partition coefficient (Wildman–Crippen LogP) is 5.82. The van der Waals surface area contributed by atoms with Gasteiger partial charge in [0.1, 0.15) is 11.5 Å². The standard InChI is InChI=1S/C30H20N2O3/c1-20-27(33)25-14-8-15-26(29(25)35-28(20)22-10-3-2-4-11-22)30(34)32-24-13-7-9-21(19-24)16-17-23-12-5-6-18-31-23/h2-15,18-19H,1H3,(H,32,34). The SMILES string of the molecule is Cc1c(-c2ccccc2)oc2c(C(=O)Nc3cccc(C#Cc4ccccn4)c3)cccc2c1=O. The van der Waals surface area contributed by atoms with Crippen LogP contribution in [0.2, 0.25) is 0 Å². The summed E-state index contributed by atoms with van der Waals surface area (Å²) < 4.78 is 6.17. The van der Waals surface area contributed by atoms with Crippen LogP contribution < -0.4 is 10.7 Å². The van der Waals surface area contributed by atoms with Gasteiger partial charge in [0.05, 0.1) is 10.9 Å². The number of amides is 1. The van der Waals surface area contributed by atoms with E-state index in [2.05, 4.69) is 22.1 Å². The average Bonchev–Trinajstić information content (AvgIpc) is 2.90. The highest BCUT2D eigenvalue weighted by molar-refractivity contribution is 6.11. The Hall–Kier alpha value is -4.95. The highest BCUT2D eigenvalue weighted by atomic mass is 16.3. The number of nitrogens with one attached hydrogen (secondary N) is 1. The Kier molecular flexibility index (Phi) is 5.94. The Morgan fingerprint density at radius 1 is 0.886 bits per heavy atom. The number of hydrogen-bond donors (Lipinski definition) is 1. The molecule has 2 aromatic heterocycles. The van der Waals surface area contributed by atoms with E-state index in [1.807, 2.05) is 60.7 Å². The predicted molar refractivity (Wildman–Crippen MR) is 137 cm³/mol. The number of anilines is 1. The van der Waals surface area contributed by atoms with Crippen molar-refractivity contribution in [2.75, 3.05) is 5.32 Å². The topological polar surface area (TPSA) is 72.2 Å². The number of fused-ring (bicyclic) bond motifs is 1. The second kappa shape index (κ2) is 9.50. The molecule has 35 heavy (non-hydrogen) atoms. The summed E-state index contributed by atoms with van der Waals surface area (Å²) in [5.41, 5.74) is 3.63. The van der Waals surface area contributed by atoms with Gasteiger partial charge in [-0.1, -0.05) is 54.5 Å². The second-order valence-corrected chi connectivity index (χ2v) is 7.93. The van der Waals surface area contributed by atoms with Gasteiger partial charge in [-0.15, -0.1) is 0 Å². The summed E-state index contributed by atoms with van der Waals surface area (Å²) in [4.78, 5) is 30.5. The largest absolute Gasteiger partial charge is 0.455 e. The van der Waals surface area contributed by atoms with Gasteiger partial charge in [0.2, 0.25) is 0 Å². The first-order valence-corrected chi connectivity index (χ1v) is 11.1. The molecule has 5 nitrogen and oxygen atoms in total. The van der Waals surface area contributed by atoms with E-state index in [-0.39, 0.29) is 22.5 Å². The molecule has 2 heterocycles. The van der Waals surface area contributed by atoms with Gasteiger partial charge >= 0.3 is 0 Å². The maximum Gasteiger partial charge on any atom is 0.259 e. The fourth-order valence-electron chi connectivity index (χ4n) is 3.80. The molecule has 0 bridgehead atoms. The van der Waals surface area contributed by atoms with Crippen LogP contribution in [0.25, 0.3) is 22.3 Å². The van der Waals surface area contributed by atoms with Crippen LogP contribution in [0, 0.1) is 18.8 Å². The lowest BCUT2D eigenvalue weighted by Crippen LogP contribution is -2.15. The number of carbonyl (C=O) groups is 1. The minimum Gasteiger partial charge on any atom is -0.455 e. The molecule has 5 heteroatoms. The van der Waals surface area contributed by atoms with Crippen molar-refractivity contribution < 1.29 is 9.21 Å². The lowest BCUT2D eigenvalue weighted by atomic mass is 10.0. The first kappa shape index (κ1) is 21.9. The van der Waals surface area contributed by atoms with Gasteiger partial charge in [-0.05, 0) is 55.3 Å². The Morgan fingerprint density at radius 3 is 2.49 bits per heavy atom. The van der Waals surface area contributed by atoms with Crippen molar-refractivity contribution in [3.8, 4) is 23.2 Å². The minimum atomic E-state index is -0.378. The summed E-state index contributed by atoms with van der Waals surface area (Å²) in [6, 6.07) is 27.2. The fourth-order valence-corrected chi connectivity index (χ4v) is 3.80. The number of nitrogens with zero attached hydrogens (tertiary/aromatic N) is 1. The smallest absolute Gasteiger partial charge is 0.259 e. The summed E-state index contributed by atoms with van der Waals surface area (Å²) in [6.07, 6.45) is 1.69. The molecule has 0 aliphatic carbocycles. The van der Waals surface area contributed by atoms with Gasteiger partial charge < -0.3 is 9.73 Å². The van der Waals surface area contributed by atoms with Crippen molar-refractivity contribution >= 4 is 22.6 Å². The monoisotopic (exact) mass is 456 g/mol. The molecule has 5 rings (SSSR count). The van der Waals surface area contributed by atoms with E-state index >= 15 is 0 Å². The van der Waals surface area contributed by atoms with E-state index in [0.29, 0.717) is 28.1 Å². The van der Waals surface area contributed by atoms with Crippen molar-refractivity contribution in [2.45, 2.75) is 6.92 Å². The van der Waals surface area contributed by atoms with Crippen molar-refractivity contribution in [3.05, 3.63) is 130 Å². The van der Waals surface area contributed by atoms with Crippen LogP contribution in [-0.2, 0) is 0 Å². The van der Waals surface area contributed by atoms with Gasteiger partial charge in [0, 0.05) is 28.6 Å².